The van der Waals surface area contributed by atoms with E-state index in [-0.39, 0.29) is 17.6 Å². The van der Waals surface area contributed by atoms with E-state index in [0.29, 0.717) is 12.2 Å². The zero-order valence-corrected chi connectivity index (χ0v) is 18.0. The first-order valence-corrected chi connectivity index (χ1v) is 11.4. The average molecular weight is 426 g/mol. The number of rotatable bonds is 7. The highest BCUT2D eigenvalue weighted by molar-refractivity contribution is 5.79. The first-order chi connectivity index (χ1) is 15.2. The molecular formula is C24H32FN5O. The topological polar surface area (TPSA) is 51.7 Å². The predicted molar refractivity (Wildman–Crippen MR) is 122 cm³/mol. The molecule has 1 aromatic heterocycles. The molecule has 7 heteroatoms. The number of pyridine rings is 1. The van der Waals surface area contributed by atoms with Gasteiger partial charge in [-0.05, 0) is 50.1 Å². The number of nitrogens with one attached hydrogen (secondary N) is 1. The second-order valence-electron chi connectivity index (χ2n) is 8.42. The normalized spacial score (nSPS) is 20.0. The van der Waals surface area contributed by atoms with Crippen LogP contribution in [0.2, 0.25) is 0 Å². The van der Waals surface area contributed by atoms with Crippen LogP contribution in [0.3, 0.4) is 0 Å². The van der Waals surface area contributed by atoms with Crippen molar-refractivity contribution in [3.05, 3.63) is 54.6 Å². The van der Waals surface area contributed by atoms with E-state index in [0.717, 1.165) is 70.8 Å². The fraction of sp³-hybridized carbons (Fsp3) is 0.500. The Morgan fingerprint density at radius 3 is 2.58 bits per heavy atom. The van der Waals surface area contributed by atoms with Gasteiger partial charge in [-0.15, -0.1) is 0 Å². The smallest absolute Gasteiger partial charge is 0.224 e. The molecule has 0 spiro atoms. The summed E-state index contributed by atoms with van der Waals surface area (Å²) in [6.45, 7) is 6.94. The first-order valence-electron chi connectivity index (χ1n) is 11.4. The van der Waals surface area contributed by atoms with Gasteiger partial charge in [-0.3, -0.25) is 14.7 Å². The Hall–Kier alpha value is -2.67. The number of hydrogen-bond acceptors (Lipinski definition) is 5. The number of anilines is 2. The number of carbonyl (C=O) groups is 1. The van der Waals surface area contributed by atoms with E-state index >= 15 is 0 Å². The Morgan fingerprint density at radius 1 is 1.03 bits per heavy atom. The molecule has 1 aromatic carbocycles. The van der Waals surface area contributed by atoms with Crippen LogP contribution in [-0.2, 0) is 4.79 Å². The zero-order valence-electron chi connectivity index (χ0n) is 18.0. The van der Waals surface area contributed by atoms with Gasteiger partial charge in [0.15, 0.2) is 0 Å². The lowest BCUT2D eigenvalue weighted by Gasteiger charge is -2.36. The molecular weight excluding hydrogens is 393 g/mol. The second-order valence-corrected chi connectivity index (χ2v) is 8.42. The van der Waals surface area contributed by atoms with Crippen molar-refractivity contribution in [2.45, 2.75) is 19.3 Å². The van der Waals surface area contributed by atoms with Crippen LogP contribution in [-0.4, -0.2) is 68.1 Å². The van der Waals surface area contributed by atoms with Crippen LogP contribution in [0.15, 0.2) is 48.8 Å². The molecule has 0 unspecified atom stereocenters. The van der Waals surface area contributed by atoms with Gasteiger partial charge >= 0.3 is 0 Å². The van der Waals surface area contributed by atoms with Gasteiger partial charge < -0.3 is 15.1 Å². The summed E-state index contributed by atoms with van der Waals surface area (Å²) in [4.78, 5) is 23.5. The third-order valence-electron chi connectivity index (χ3n) is 6.34. The molecule has 2 saturated heterocycles. The molecule has 2 aliphatic heterocycles. The molecule has 0 bridgehead atoms. The summed E-state index contributed by atoms with van der Waals surface area (Å²) in [5.74, 6) is 0.0678. The van der Waals surface area contributed by atoms with Crippen LogP contribution in [0.4, 0.5) is 15.8 Å². The number of carbonyl (C=O) groups excluding carboxylic acids is 1. The lowest BCUT2D eigenvalue weighted by atomic mass is 9.96. The molecule has 0 saturated carbocycles. The number of halogens is 1. The molecule has 166 valence electrons. The van der Waals surface area contributed by atoms with E-state index in [1.165, 1.54) is 6.07 Å². The van der Waals surface area contributed by atoms with Gasteiger partial charge in [0.2, 0.25) is 5.91 Å². The third-order valence-corrected chi connectivity index (χ3v) is 6.34. The molecule has 0 radical (unpaired) electrons. The van der Waals surface area contributed by atoms with Crippen molar-refractivity contribution in [3.8, 4) is 0 Å². The van der Waals surface area contributed by atoms with Crippen LogP contribution < -0.4 is 15.1 Å². The second kappa shape index (κ2) is 10.6. The van der Waals surface area contributed by atoms with Gasteiger partial charge in [-0.25, -0.2) is 4.39 Å². The van der Waals surface area contributed by atoms with Crippen molar-refractivity contribution < 1.29 is 9.18 Å². The lowest BCUT2D eigenvalue weighted by molar-refractivity contribution is -0.125. The van der Waals surface area contributed by atoms with E-state index in [9.17, 15) is 9.18 Å². The van der Waals surface area contributed by atoms with E-state index in [1.54, 1.807) is 18.5 Å². The van der Waals surface area contributed by atoms with E-state index < -0.39 is 0 Å². The standard InChI is InChI=1S/C24H32FN5O/c25-22-6-1-2-7-23(22)29-17-15-28(16-18-29)13-4-10-27-24(31)20-5-3-14-30(19-20)21-8-11-26-12-9-21/h1-2,6-9,11-12,20H,3-5,10,13-19H2,(H,27,31)/t20-/m1/s1. The van der Waals surface area contributed by atoms with Gasteiger partial charge in [0.1, 0.15) is 5.82 Å². The maximum Gasteiger partial charge on any atom is 0.224 e. The lowest BCUT2D eigenvalue weighted by Crippen LogP contribution is -2.47. The average Bonchev–Trinajstić information content (AvgIpc) is 2.83. The van der Waals surface area contributed by atoms with Crippen molar-refractivity contribution in [2.75, 3.05) is 62.2 Å². The van der Waals surface area contributed by atoms with Gasteiger partial charge in [-0.2, -0.15) is 0 Å². The summed E-state index contributed by atoms with van der Waals surface area (Å²) in [5.41, 5.74) is 1.84. The molecule has 2 aromatic rings. The zero-order chi connectivity index (χ0) is 21.5. The molecule has 1 atom stereocenters. The fourth-order valence-corrected chi connectivity index (χ4v) is 4.56. The van der Waals surface area contributed by atoms with E-state index in [1.807, 2.05) is 24.3 Å². The number of hydrogen-bond donors (Lipinski definition) is 1. The predicted octanol–water partition coefficient (Wildman–Crippen LogP) is 2.77. The molecule has 31 heavy (non-hydrogen) atoms. The summed E-state index contributed by atoms with van der Waals surface area (Å²) in [7, 11) is 0. The summed E-state index contributed by atoms with van der Waals surface area (Å²) in [6.07, 6.45) is 6.52. The van der Waals surface area contributed by atoms with Gasteiger partial charge in [0.05, 0.1) is 11.6 Å². The molecule has 3 heterocycles. The number of amides is 1. The minimum Gasteiger partial charge on any atom is -0.371 e. The highest BCUT2D eigenvalue weighted by Crippen LogP contribution is 2.23. The Labute approximate surface area is 184 Å². The number of piperazine rings is 1. The number of nitrogens with zero attached hydrogens (tertiary/aromatic N) is 4. The Bertz CT molecular complexity index is 841. The number of piperidine rings is 1. The molecule has 6 nitrogen and oxygen atoms in total. The van der Waals surface area contributed by atoms with Crippen molar-refractivity contribution in [3.63, 3.8) is 0 Å². The van der Waals surface area contributed by atoms with Gasteiger partial charge in [0.25, 0.3) is 0 Å². The minimum atomic E-state index is -0.149. The SMILES string of the molecule is O=C(NCCCN1CCN(c2ccccc2F)CC1)[C@@H]1CCCN(c2ccncc2)C1. The van der Waals surface area contributed by atoms with Crippen molar-refractivity contribution >= 4 is 17.3 Å². The number of aromatic nitrogens is 1. The molecule has 1 amide bonds. The van der Waals surface area contributed by atoms with Crippen LogP contribution in [0.1, 0.15) is 19.3 Å². The Kier molecular flexibility index (Phi) is 7.35. The maximum atomic E-state index is 14.0. The monoisotopic (exact) mass is 425 g/mol. The molecule has 2 aliphatic rings. The van der Waals surface area contributed by atoms with Crippen LogP contribution in [0.5, 0.6) is 0 Å². The first kappa shape index (κ1) is 21.6. The fourth-order valence-electron chi connectivity index (χ4n) is 4.56. The van der Waals surface area contributed by atoms with Crippen LogP contribution in [0, 0.1) is 11.7 Å². The Morgan fingerprint density at radius 2 is 1.81 bits per heavy atom. The number of para-hydroxylation sites is 1. The summed E-state index contributed by atoms with van der Waals surface area (Å²) < 4.78 is 14.0. The molecule has 1 N–H and O–H groups in total. The Balaban J connectivity index is 1.14. The van der Waals surface area contributed by atoms with Crippen molar-refractivity contribution in [1.82, 2.24) is 15.2 Å². The summed E-state index contributed by atoms with van der Waals surface area (Å²) in [5, 5.41) is 3.14. The highest BCUT2D eigenvalue weighted by atomic mass is 19.1. The largest absolute Gasteiger partial charge is 0.371 e. The quantitative estimate of drug-likeness (QED) is 0.692. The molecule has 2 fully saturated rings. The minimum absolute atomic E-state index is 0.0474. The van der Waals surface area contributed by atoms with Crippen LogP contribution in [0.25, 0.3) is 0 Å². The van der Waals surface area contributed by atoms with Crippen LogP contribution >= 0.6 is 0 Å². The molecule has 0 aliphatic carbocycles. The van der Waals surface area contributed by atoms with Gasteiger partial charge in [-0.1, -0.05) is 12.1 Å². The third kappa shape index (κ3) is 5.73. The molecule has 4 rings (SSSR count). The summed E-state index contributed by atoms with van der Waals surface area (Å²) >= 11 is 0. The van der Waals surface area contributed by atoms with Crippen molar-refractivity contribution in [2.24, 2.45) is 5.92 Å². The van der Waals surface area contributed by atoms with Gasteiger partial charge in [0, 0.05) is 63.9 Å². The summed E-state index contributed by atoms with van der Waals surface area (Å²) in [6, 6.07) is 11.0. The van der Waals surface area contributed by atoms with Crippen molar-refractivity contribution in [1.29, 1.82) is 0 Å². The highest BCUT2D eigenvalue weighted by Gasteiger charge is 2.26. The maximum absolute atomic E-state index is 14.0. The van der Waals surface area contributed by atoms with E-state index in [2.05, 4.69) is 25.0 Å². The van der Waals surface area contributed by atoms with E-state index in [4.69, 9.17) is 0 Å². The number of benzene rings is 1.